The molecule has 3 N–H and O–H groups in total. The first kappa shape index (κ1) is 11.0. The van der Waals surface area contributed by atoms with E-state index in [1.807, 2.05) is 24.3 Å². The molecule has 2 rings (SSSR count). The number of benzene rings is 1. The first-order valence-corrected chi connectivity index (χ1v) is 5.23. The first-order chi connectivity index (χ1) is 7.60. The number of ether oxygens (including phenoxy) is 1. The van der Waals surface area contributed by atoms with E-state index in [0.717, 1.165) is 24.2 Å². The maximum atomic E-state index is 11.0. The van der Waals surface area contributed by atoms with Crippen molar-refractivity contribution in [1.82, 2.24) is 0 Å². The van der Waals surface area contributed by atoms with Crippen molar-refractivity contribution in [3.05, 3.63) is 29.8 Å². The Morgan fingerprint density at radius 3 is 2.75 bits per heavy atom. The molecule has 1 aromatic rings. The molecule has 1 aromatic carbocycles. The zero-order valence-corrected chi connectivity index (χ0v) is 9.14. The summed E-state index contributed by atoms with van der Waals surface area (Å²) in [5.41, 5.74) is 6.31. The third-order valence-electron chi connectivity index (χ3n) is 3.29. The number of hydrogen-bond donors (Lipinski definition) is 2. The highest BCUT2D eigenvalue weighted by atomic mass is 16.5. The molecule has 0 amide bonds. The molecule has 4 nitrogen and oxygen atoms in total. The number of carboxylic acids is 1. The lowest BCUT2D eigenvalue weighted by Gasteiger charge is -2.20. The summed E-state index contributed by atoms with van der Waals surface area (Å²) < 4.78 is 5.13. The van der Waals surface area contributed by atoms with E-state index < -0.39 is 12.0 Å². The van der Waals surface area contributed by atoms with E-state index in [0.29, 0.717) is 0 Å². The van der Waals surface area contributed by atoms with E-state index in [1.54, 1.807) is 7.11 Å². The van der Waals surface area contributed by atoms with E-state index in [4.69, 9.17) is 15.6 Å². The molecule has 1 saturated carbocycles. The predicted octanol–water partition coefficient (Wildman–Crippen LogP) is 1.14. The van der Waals surface area contributed by atoms with Crippen molar-refractivity contribution < 1.29 is 14.6 Å². The molecule has 4 heteroatoms. The van der Waals surface area contributed by atoms with Crippen molar-refractivity contribution in [1.29, 1.82) is 0 Å². The van der Waals surface area contributed by atoms with Gasteiger partial charge in [-0.3, -0.25) is 4.79 Å². The number of carbonyl (C=O) groups is 1. The molecule has 1 aliphatic carbocycles. The number of nitrogens with two attached hydrogens (primary N) is 1. The van der Waals surface area contributed by atoms with E-state index in [-0.39, 0.29) is 5.41 Å². The van der Waals surface area contributed by atoms with Crippen LogP contribution in [-0.4, -0.2) is 24.2 Å². The Morgan fingerprint density at radius 1 is 1.56 bits per heavy atom. The molecule has 0 radical (unpaired) electrons. The molecule has 0 aliphatic heterocycles. The van der Waals surface area contributed by atoms with Gasteiger partial charge in [0.2, 0.25) is 0 Å². The smallest absolute Gasteiger partial charge is 0.321 e. The number of hydrogen-bond acceptors (Lipinski definition) is 3. The summed E-state index contributed by atoms with van der Waals surface area (Å²) in [7, 11) is 1.59. The van der Waals surface area contributed by atoms with Crippen LogP contribution in [0.2, 0.25) is 0 Å². The van der Waals surface area contributed by atoms with Gasteiger partial charge in [-0.1, -0.05) is 12.1 Å². The van der Waals surface area contributed by atoms with E-state index in [1.165, 1.54) is 0 Å². The third kappa shape index (κ3) is 1.65. The number of carboxylic acid groups (broad SMARTS) is 1. The SMILES string of the molecule is COc1cccc(C2(C(N)C(=O)O)CC2)c1. The Balaban J connectivity index is 2.32. The fraction of sp³-hybridized carbons (Fsp3) is 0.417. The zero-order chi connectivity index (χ0) is 11.8. The maximum Gasteiger partial charge on any atom is 0.321 e. The fourth-order valence-corrected chi connectivity index (χ4v) is 2.08. The summed E-state index contributed by atoms with van der Waals surface area (Å²) in [6, 6.07) is 6.66. The molecule has 16 heavy (non-hydrogen) atoms. The van der Waals surface area contributed by atoms with E-state index >= 15 is 0 Å². The van der Waals surface area contributed by atoms with Crippen LogP contribution in [-0.2, 0) is 10.2 Å². The van der Waals surface area contributed by atoms with Crippen LogP contribution in [0.4, 0.5) is 0 Å². The minimum atomic E-state index is -0.944. The van der Waals surface area contributed by atoms with Crippen molar-refractivity contribution in [2.75, 3.05) is 7.11 Å². The molecule has 0 heterocycles. The van der Waals surface area contributed by atoms with Crippen LogP contribution in [0.1, 0.15) is 18.4 Å². The molecule has 1 fully saturated rings. The molecule has 86 valence electrons. The average molecular weight is 221 g/mol. The Labute approximate surface area is 94.0 Å². The van der Waals surface area contributed by atoms with Crippen molar-refractivity contribution in [2.24, 2.45) is 5.73 Å². The second-order valence-electron chi connectivity index (χ2n) is 4.20. The predicted molar refractivity (Wildman–Crippen MR) is 59.5 cm³/mol. The topological polar surface area (TPSA) is 72.5 Å². The van der Waals surface area contributed by atoms with Crippen molar-refractivity contribution in [3.8, 4) is 5.75 Å². The monoisotopic (exact) mass is 221 g/mol. The molecular weight excluding hydrogens is 206 g/mol. The third-order valence-corrected chi connectivity index (χ3v) is 3.29. The van der Waals surface area contributed by atoms with Gasteiger partial charge in [-0.05, 0) is 30.5 Å². The highest BCUT2D eigenvalue weighted by Gasteiger charge is 2.52. The number of rotatable bonds is 4. The second kappa shape index (κ2) is 3.79. The lowest BCUT2D eigenvalue weighted by molar-refractivity contribution is -0.139. The van der Waals surface area contributed by atoms with Gasteiger partial charge in [0.15, 0.2) is 0 Å². The molecule has 0 aromatic heterocycles. The maximum absolute atomic E-state index is 11.0. The van der Waals surface area contributed by atoms with Crippen LogP contribution in [0, 0.1) is 0 Å². The molecule has 1 aliphatic rings. The molecular formula is C12H15NO3. The van der Waals surface area contributed by atoms with Crippen LogP contribution in [0.5, 0.6) is 5.75 Å². The molecule has 0 saturated heterocycles. The Hall–Kier alpha value is -1.55. The lowest BCUT2D eigenvalue weighted by Crippen LogP contribution is -2.41. The summed E-state index contributed by atoms with van der Waals surface area (Å²) >= 11 is 0. The number of aliphatic carboxylic acids is 1. The Morgan fingerprint density at radius 2 is 2.25 bits per heavy atom. The van der Waals surface area contributed by atoms with Crippen molar-refractivity contribution >= 4 is 5.97 Å². The molecule has 1 unspecified atom stereocenters. The molecule has 0 bridgehead atoms. The summed E-state index contributed by atoms with van der Waals surface area (Å²) in [6.45, 7) is 0. The van der Waals surface area contributed by atoms with Crippen LogP contribution >= 0.6 is 0 Å². The second-order valence-corrected chi connectivity index (χ2v) is 4.20. The largest absolute Gasteiger partial charge is 0.497 e. The average Bonchev–Trinajstić information content (AvgIpc) is 3.09. The highest BCUT2D eigenvalue weighted by molar-refractivity contribution is 5.77. The standard InChI is InChI=1S/C12H15NO3/c1-16-9-4-2-3-8(7-9)12(5-6-12)10(13)11(14)15/h2-4,7,10H,5-6,13H2,1H3,(H,14,15). The van der Waals surface area contributed by atoms with Crippen LogP contribution in [0.3, 0.4) is 0 Å². The van der Waals surface area contributed by atoms with Gasteiger partial charge in [0.1, 0.15) is 11.8 Å². The van der Waals surface area contributed by atoms with Gasteiger partial charge in [-0.2, -0.15) is 0 Å². The fourth-order valence-electron chi connectivity index (χ4n) is 2.08. The van der Waals surface area contributed by atoms with Crippen LogP contribution in [0.25, 0.3) is 0 Å². The van der Waals surface area contributed by atoms with Gasteiger partial charge in [-0.25, -0.2) is 0 Å². The van der Waals surface area contributed by atoms with Crippen molar-refractivity contribution in [2.45, 2.75) is 24.3 Å². The van der Waals surface area contributed by atoms with Gasteiger partial charge in [0.25, 0.3) is 0 Å². The molecule has 0 spiro atoms. The molecule has 1 atom stereocenters. The summed E-state index contributed by atoms with van der Waals surface area (Å²) in [5.74, 6) is -0.207. The lowest BCUT2D eigenvalue weighted by atomic mass is 9.88. The minimum Gasteiger partial charge on any atom is -0.497 e. The van der Waals surface area contributed by atoms with E-state index in [9.17, 15) is 4.79 Å². The van der Waals surface area contributed by atoms with Gasteiger partial charge < -0.3 is 15.6 Å². The van der Waals surface area contributed by atoms with Crippen LogP contribution < -0.4 is 10.5 Å². The first-order valence-electron chi connectivity index (χ1n) is 5.23. The Bertz CT molecular complexity index is 412. The summed E-state index contributed by atoms with van der Waals surface area (Å²) in [5, 5.41) is 8.99. The Kier molecular flexibility index (Phi) is 2.59. The van der Waals surface area contributed by atoms with E-state index in [2.05, 4.69) is 0 Å². The zero-order valence-electron chi connectivity index (χ0n) is 9.14. The van der Waals surface area contributed by atoms with Crippen LogP contribution in [0.15, 0.2) is 24.3 Å². The van der Waals surface area contributed by atoms with Gasteiger partial charge >= 0.3 is 5.97 Å². The summed E-state index contributed by atoms with van der Waals surface area (Å²) in [6.07, 6.45) is 1.65. The minimum absolute atomic E-state index is 0.389. The summed E-state index contributed by atoms with van der Waals surface area (Å²) in [4.78, 5) is 11.0. The van der Waals surface area contributed by atoms with Gasteiger partial charge in [0.05, 0.1) is 7.11 Å². The van der Waals surface area contributed by atoms with Gasteiger partial charge in [0, 0.05) is 5.41 Å². The van der Waals surface area contributed by atoms with Gasteiger partial charge in [-0.15, -0.1) is 0 Å². The quantitative estimate of drug-likeness (QED) is 0.799. The number of methoxy groups -OCH3 is 1. The highest BCUT2D eigenvalue weighted by Crippen LogP contribution is 2.50. The van der Waals surface area contributed by atoms with Crippen molar-refractivity contribution in [3.63, 3.8) is 0 Å². The normalized spacial score (nSPS) is 18.9.